The van der Waals surface area contributed by atoms with E-state index in [9.17, 15) is 40.7 Å². The Morgan fingerprint density at radius 3 is 2.16 bits per heavy atom. The fourth-order valence-electron chi connectivity index (χ4n) is 4.01. The highest BCUT2D eigenvalue weighted by Crippen LogP contribution is 2.63. The molecule has 0 spiro atoms. The molecule has 0 unspecified atom stereocenters. The number of nitrogens with zero attached hydrogens (tertiary/aromatic N) is 4. The molecule has 38 heavy (non-hydrogen) atoms. The number of hydrogen-bond donors (Lipinski definition) is 3. The first-order chi connectivity index (χ1) is 17.4. The van der Waals surface area contributed by atoms with Gasteiger partial charge in [0, 0.05) is 4.90 Å². The van der Waals surface area contributed by atoms with Gasteiger partial charge in [-0.15, -0.1) is 0 Å². The molecule has 208 valence electrons. The molecule has 17 heteroatoms. The third-order valence-corrected chi connectivity index (χ3v) is 8.30. The second-order valence-corrected chi connectivity index (χ2v) is 12.2. The van der Waals surface area contributed by atoms with Crippen LogP contribution >= 0.6 is 19.4 Å². The van der Waals surface area contributed by atoms with Crippen molar-refractivity contribution in [1.82, 2.24) is 19.5 Å². The van der Waals surface area contributed by atoms with Crippen molar-refractivity contribution in [3.8, 4) is 0 Å². The Morgan fingerprint density at radius 1 is 1.08 bits per heavy atom. The van der Waals surface area contributed by atoms with Gasteiger partial charge in [-0.1, -0.05) is 29.5 Å². The van der Waals surface area contributed by atoms with Crippen LogP contribution in [0.1, 0.15) is 31.2 Å². The van der Waals surface area contributed by atoms with Crippen molar-refractivity contribution in [2.24, 2.45) is 0 Å². The predicted molar refractivity (Wildman–Crippen MR) is 124 cm³/mol. The Bertz CT molecular complexity index is 1360. The lowest BCUT2D eigenvalue weighted by Gasteiger charge is -2.38. The zero-order valence-corrected chi connectivity index (χ0v) is 21.3. The van der Waals surface area contributed by atoms with Crippen LogP contribution in [0.5, 0.6) is 0 Å². The van der Waals surface area contributed by atoms with Crippen LogP contribution in [0.15, 0.2) is 40.5 Å². The second-order valence-electron chi connectivity index (χ2n) is 9.21. The van der Waals surface area contributed by atoms with E-state index in [-0.39, 0.29) is 36.5 Å². The highest BCUT2D eigenvalue weighted by atomic mass is 32.2. The van der Waals surface area contributed by atoms with Crippen LogP contribution in [-0.2, 0) is 15.8 Å². The summed E-state index contributed by atoms with van der Waals surface area (Å²) in [6.07, 6.45) is -14.5. The van der Waals surface area contributed by atoms with E-state index in [1.54, 1.807) is 0 Å². The fourth-order valence-corrected chi connectivity index (χ4v) is 5.97. The molecule has 0 bridgehead atoms. The van der Waals surface area contributed by atoms with Crippen molar-refractivity contribution in [1.29, 1.82) is 0 Å². The molecule has 2 heterocycles. The Balaban J connectivity index is 1.68. The summed E-state index contributed by atoms with van der Waals surface area (Å²) >= 11 is 1.22. The van der Waals surface area contributed by atoms with Crippen LogP contribution in [0.4, 0.5) is 32.3 Å². The Hall–Kier alpha value is -2.39. The van der Waals surface area contributed by atoms with E-state index in [2.05, 4.69) is 15.0 Å². The summed E-state index contributed by atoms with van der Waals surface area (Å²) in [6.45, 7) is 1.55. The van der Waals surface area contributed by atoms with Gasteiger partial charge in [-0.3, -0.25) is 4.57 Å². The Kier molecular flexibility index (Phi) is 7.28. The van der Waals surface area contributed by atoms with Crippen molar-refractivity contribution in [3.63, 3.8) is 0 Å². The summed E-state index contributed by atoms with van der Waals surface area (Å²) in [5.41, 5.74) is 5.56. The average Bonchev–Trinajstić information content (AvgIpc) is 3.37. The van der Waals surface area contributed by atoms with Gasteiger partial charge in [0.1, 0.15) is 10.5 Å². The number of fused-ring (bicyclic) bond motifs is 1. The van der Waals surface area contributed by atoms with Crippen molar-refractivity contribution in [3.05, 3.63) is 36.2 Å². The van der Waals surface area contributed by atoms with Gasteiger partial charge in [0.2, 0.25) is 5.95 Å². The molecule has 0 saturated heterocycles. The first-order valence-corrected chi connectivity index (χ1v) is 13.4. The molecule has 0 radical (unpaired) electrons. The molecule has 4 rings (SSSR count). The van der Waals surface area contributed by atoms with Gasteiger partial charge >= 0.3 is 19.9 Å². The van der Waals surface area contributed by atoms with Crippen LogP contribution in [0, 0.1) is 6.92 Å². The maximum atomic E-state index is 13.3. The average molecular weight is 585 g/mol. The molecule has 9 nitrogen and oxygen atoms in total. The summed E-state index contributed by atoms with van der Waals surface area (Å²) in [6, 6.07) is 7.45. The molecule has 1 aliphatic rings. The minimum Gasteiger partial charge on any atom is -0.368 e. The molecule has 1 saturated carbocycles. The highest BCUT2D eigenvalue weighted by molar-refractivity contribution is 7.99. The van der Waals surface area contributed by atoms with Crippen molar-refractivity contribution >= 4 is 36.5 Å². The number of ether oxygens (including phenoxy) is 1. The number of rotatable bonds is 9. The van der Waals surface area contributed by atoms with Crippen LogP contribution in [0.25, 0.3) is 11.2 Å². The van der Waals surface area contributed by atoms with Gasteiger partial charge in [0.25, 0.3) is 0 Å². The van der Waals surface area contributed by atoms with Crippen molar-refractivity contribution in [2.75, 3.05) is 5.73 Å². The summed E-state index contributed by atoms with van der Waals surface area (Å²) in [5, 5.41) is -3.49. The maximum Gasteiger partial charge on any atom is 0.392 e. The standard InChI is InChI=1S/C21H22F6N5O4PS/c1-12-2-4-13(5-3-12)38-16-14-15(30-17(28)31-16)32(11-29-14)10-18(6-7-18)36-19(37(33,34)35,8-20(22,23)24)9-21(25,26)27/h2-5,11H,6-10H2,1H3,(H2,28,30,31)(H2,33,34,35). The molecule has 1 aromatic carbocycles. The number of aromatic nitrogens is 4. The molecule has 3 aromatic rings. The van der Waals surface area contributed by atoms with Crippen molar-refractivity contribution in [2.45, 2.75) is 72.4 Å². The number of imidazole rings is 1. The van der Waals surface area contributed by atoms with Crippen LogP contribution < -0.4 is 5.73 Å². The molecule has 0 aliphatic heterocycles. The molecular formula is C21H22F6N5O4PS. The third-order valence-electron chi connectivity index (χ3n) is 5.84. The Labute approximate surface area is 216 Å². The molecule has 4 N–H and O–H groups in total. The molecule has 2 aromatic heterocycles. The van der Waals surface area contributed by atoms with Crippen LogP contribution in [0.2, 0.25) is 0 Å². The van der Waals surface area contributed by atoms with E-state index in [1.165, 1.54) is 22.7 Å². The minimum atomic E-state index is -6.09. The summed E-state index contributed by atoms with van der Waals surface area (Å²) < 4.78 is 98.4. The van der Waals surface area contributed by atoms with Gasteiger partial charge in [-0.2, -0.15) is 31.3 Å². The first-order valence-electron chi connectivity index (χ1n) is 11.0. The quantitative estimate of drug-likeness (QED) is 0.176. The number of benzene rings is 1. The van der Waals surface area contributed by atoms with E-state index < -0.39 is 43.7 Å². The van der Waals surface area contributed by atoms with E-state index in [1.807, 2.05) is 31.2 Å². The normalized spacial score (nSPS) is 16.2. The van der Waals surface area contributed by atoms with E-state index in [0.717, 1.165) is 10.5 Å². The minimum absolute atomic E-state index is 0.0460. The van der Waals surface area contributed by atoms with E-state index in [4.69, 9.17) is 10.5 Å². The molecule has 1 aliphatic carbocycles. The largest absolute Gasteiger partial charge is 0.392 e. The van der Waals surface area contributed by atoms with Crippen LogP contribution in [-0.4, -0.2) is 52.6 Å². The summed E-state index contributed by atoms with van der Waals surface area (Å²) in [7, 11) is -6.09. The lowest BCUT2D eigenvalue weighted by Crippen LogP contribution is -2.46. The van der Waals surface area contributed by atoms with E-state index in [0.29, 0.717) is 5.03 Å². The fraction of sp³-hybridized carbons (Fsp3) is 0.476. The molecule has 1 fully saturated rings. The topological polar surface area (TPSA) is 136 Å². The van der Waals surface area contributed by atoms with Gasteiger partial charge in [-0.25, -0.2) is 9.97 Å². The number of nitrogens with two attached hydrogens (primary N) is 1. The predicted octanol–water partition coefficient (Wildman–Crippen LogP) is 5.20. The lowest BCUT2D eigenvalue weighted by atomic mass is 10.1. The van der Waals surface area contributed by atoms with E-state index >= 15 is 0 Å². The summed E-state index contributed by atoms with van der Waals surface area (Å²) in [4.78, 5) is 32.7. The van der Waals surface area contributed by atoms with Crippen molar-refractivity contribution < 1.29 is 45.4 Å². The van der Waals surface area contributed by atoms with Crippen LogP contribution in [0.3, 0.4) is 0 Å². The number of anilines is 1. The number of nitrogen functional groups attached to an aromatic ring is 1. The van der Waals surface area contributed by atoms with Gasteiger partial charge in [-0.05, 0) is 31.9 Å². The third kappa shape index (κ3) is 6.60. The van der Waals surface area contributed by atoms with Gasteiger partial charge < -0.3 is 24.8 Å². The molecule has 0 amide bonds. The Morgan fingerprint density at radius 2 is 1.66 bits per heavy atom. The zero-order chi connectivity index (χ0) is 28.1. The number of hydrogen-bond acceptors (Lipinski definition) is 7. The second kappa shape index (κ2) is 9.66. The van der Waals surface area contributed by atoms with Gasteiger partial charge in [0.15, 0.2) is 11.0 Å². The first kappa shape index (κ1) is 28.6. The smallest absolute Gasteiger partial charge is 0.368 e. The number of alkyl halides is 6. The lowest BCUT2D eigenvalue weighted by molar-refractivity contribution is -0.225. The SMILES string of the molecule is Cc1ccc(Sc2nc(N)nc3c2ncn3CC2(OC(CC(F)(F)F)(CC(F)(F)F)P(=O)(O)O)CC2)cc1. The maximum absolute atomic E-state index is 13.3. The molecular weight excluding hydrogens is 563 g/mol. The number of aryl methyl sites for hydroxylation is 1. The highest BCUT2D eigenvalue weighted by Gasteiger charge is 2.64. The summed E-state index contributed by atoms with van der Waals surface area (Å²) in [5.74, 6) is -0.154. The zero-order valence-electron chi connectivity index (χ0n) is 19.6. The van der Waals surface area contributed by atoms with Gasteiger partial charge in [0.05, 0.1) is 31.3 Å². The monoisotopic (exact) mass is 585 g/mol. The number of halogens is 6. The molecule has 0 atom stereocenters.